The van der Waals surface area contributed by atoms with Crippen LogP contribution in [0.5, 0.6) is 0 Å². The average molecular weight is 390 g/mol. The second-order valence-corrected chi connectivity index (χ2v) is 7.43. The Bertz CT molecular complexity index is 910. The first-order valence-corrected chi connectivity index (χ1v) is 9.41. The minimum Gasteiger partial charge on any atom is -0.302 e. The number of rotatable bonds is 6. The summed E-state index contributed by atoms with van der Waals surface area (Å²) in [6.45, 7) is 4.48. The molecule has 0 fully saturated rings. The molecule has 0 saturated heterocycles. The molecule has 0 aliphatic carbocycles. The first-order chi connectivity index (χ1) is 12.5. The van der Waals surface area contributed by atoms with Crippen molar-refractivity contribution in [3.05, 3.63) is 64.9 Å². The van der Waals surface area contributed by atoms with E-state index in [1.807, 2.05) is 30.5 Å². The number of thioether (sulfide) groups is 1. The van der Waals surface area contributed by atoms with Crippen LogP contribution in [0, 0.1) is 5.82 Å². The number of Topliss-reactive ketones (excluding diaryl/α,β-unsaturated/α-hetero) is 1. The monoisotopic (exact) mass is 389 g/mol. The van der Waals surface area contributed by atoms with Gasteiger partial charge in [0.2, 0.25) is 0 Å². The lowest BCUT2D eigenvalue weighted by molar-refractivity contribution is 0.0994. The highest BCUT2D eigenvalue weighted by molar-refractivity contribution is 8.00. The molecule has 0 N–H and O–H groups in total. The third kappa shape index (κ3) is 3.97. The molecule has 0 amide bonds. The lowest BCUT2D eigenvalue weighted by Crippen LogP contribution is -2.14. The summed E-state index contributed by atoms with van der Waals surface area (Å²) in [6, 6.07) is 13.0. The van der Waals surface area contributed by atoms with Gasteiger partial charge in [0, 0.05) is 22.7 Å². The number of carbonyl (C=O) groups is 1. The first kappa shape index (κ1) is 18.6. The zero-order valence-corrected chi connectivity index (χ0v) is 15.9. The van der Waals surface area contributed by atoms with Gasteiger partial charge in [0.15, 0.2) is 16.8 Å². The fraction of sp³-hybridized carbons (Fsp3) is 0.211. The molecule has 0 bridgehead atoms. The summed E-state index contributed by atoms with van der Waals surface area (Å²) in [5.41, 5.74) is 1.39. The number of nitrogens with zero attached hydrogens (tertiary/aromatic N) is 3. The van der Waals surface area contributed by atoms with Crippen molar-refractivity contribution >= 4 is 29.1 Å². The number of aromatic nitrogens is 3. The Hall–Kier alpha value is -2.18. The molecule has 0 aliphatic rings. The van der Waals surface area contributed by atoms with Crippen molar-refractivity contribution in [2.24, 2.45) is 0 Å². The molecule has 3 rings (SSSR count). The lowest BCUT2D eigenvalue weighted by Gasteiger charge is -2.11. The Morgan fingerprint density at radius 3 is 2.42 bits per heavy atom. The Labute approximate surface area is 160 Å². The van der Waals surface area contributed by atoms with E-state index >= 15 is 0 Å². The molecular formula is C19H17ClFN3OS. The summed E-state index contributed by atoms with van der Waals surface area (Å²) in [7, 11) is 0. The molecule has 1 heterocycles. The molecule has 26 heavy (non-hydrogen) atoms. The molecule has 0 saturated carbocycles. The fourth-order valence-corrected chi connectivity index (χ4v) is 3.65. The van der Waals surface area contributed by atoms with E-state index in [9.17, 15) is 9.18 Å². The zero-order valence-electron chi connectivity index (χ0n) is 14.3. The second kappa shape index (κ2) is 8.01. The lowest BCUT2D eigenvalue weighted by atomic mass is 10.1. The van der Waals surface area contributed by atoms with Gasteiger partial charge in [-0.25, -0.2) is 4.39 Å². The van der Waals surface area contributed by atoms with Gasteiger partial charge in [0.25, 0.3) is 0 Å². The van der Waals surface area contributed by atoms with Crippen LogP contribution in [0.3, 0.4) is 0 Å². The van der Waals surface area contributed by atoms with Gasteiger partial charge in [-0.2, -0.15) is 0 Å². The highest BCUT2D eigenvalue weighted by atomic mass is 35.5. The van der Waals surface area contributed by atoms with Crippen molar-refractivity contribution < 1.29 is 9.18 Å². The number of benzene rings is 2. The summed E-state index contributed by atoms with van der Waals surface area (Å²) < 4.78 is 15.0. The van der Waals surface area contributed by atoms with E-state index in [2.05, 4.69) is 10.2 Å². The maximum absolute atomic E-state index is 13.0. The van der Waals surface area contributed by atoms with E-state index in [4.69, 9.17) is 11.6 Å². The molecule has 7 heteroatoms. The molecule has 2 aromatic carbocycles. The summed E-state index contributed by atoms with van der Waals surface area (Å²) in [6.07, 6.45) is 0. The summed E-state index contributed by atoms with van der Waals surface area (Å²) in [5, 5.41) is 9.47. The third-order valence-electron chi connectivity index (χ3n) is 3.92. The molecule has 1 aromatic heterocycles. The topological polar surface area (TPSA) is 47.8 Å². The number of halogens is 2. The number of carbonyl (C=O) groups excluding carboxylic acids is 1. The Morgan fingerprint density at radius 2 is 1.81 bits per heavy atom. The molecule has 0 spiro atoms. The van der Waals surface area contributed by atoms with Crippen LogP contribution in [0.25, 0.3) is 11.4 Å². The van der Waals surface area contributed by atoms with Gasteiger partial charge in [-0.1, -0.05) is 23.4 Å². The highest BCUT2D eigenvalue weighted by Crippen LogP contribution is 2.28. The van der Waals surface area contributed by atoms with E-state index in [0.717, 1.165) is 11.4 Å². The van der Waals surface area contributed by atoms with Gasteiger partial charge >= 0.3 is 0 Å². The quantitative estimate of drug-likeness (QED) is 0.433. The van der Waals surface area contributed by atoms with Gasteiger partial charge in [0.1, 0.15) is 5.82 Å². The Kier molecular flexibility index (Phi) is 5.74. The SMILES string of the molecule is CCn1c(S[C@@H](C)C(=O)c2ccc(F)cc2)nnc1-c1ccc(Cl)cc1. The molecule has 0 aliphatic heterocycles. The van der Waals surface area contributed by atoms with Crippen LogP contribution in [0.4, 0.5) is 4.39 Å². The smallest absolute Gasteiger partial charge is 0.192 e. The van der Waals surface area contributed by atoms with Crippen LogP contribution >= 0.6 is 23.4 Å². The van der Waals surface area contributed by atoms with Crippen LogP contribution in [-0.4, -0.2) is 25.8 Å². The number of ketones is 1. The average Bonchev–Trinajstić information content (AvgIpc) is 3.04. The molecule has 3 aromatic rings. The van der Waals surface area contributed by atoms with Crippen molar-refractivity contribution in [2.45, 2.75) is 30.8 Å². The predicted octanol–water partition coefficient (Wildman–Crippen LogP) is 5.12. The van der Waals surface area contributed by atoms with Crippen molar-refractivity contribution in [3.8, 4) is 11.4 Å². The maximum atomic E-state index is 13.0. The normalized spacial score (nSPS) is 12.2. The minimum absolute atomic E-state index is 0.0753. The van der Waals surface area contributed by atoms with Gasteiger partial charge < -0.3 is 4.57 Å². The number of hydrogen-bond acceptors (Lipinski definition) is 4. The third-order valence-corrected chi connectivity index (χ3v) is 5.25. The van der Waals surface area contributed by atoms with Crippen LogP contribution in [0.1, 0.15) is 24.2 Å². The van der Waals surface area contributed by atoms with Crippen LogP contribution in [0.15, 0.2) is 53.7 Å². The van der Waals surface area contributed by atoms with E-state index < -0.39 is 0 Å². The molecule has 1 atom stereocenters. The van der Waals surface area contributed by atoms with Gasteiger partial charge in [-0.05, 0) is 62.4 Å². The highest BCUT2D eigenvalue weighted by Gasteiger charge is 2.21. The second-order valence-electron chi connectivity index (χ2n) is 5.69. The predicted molar refractivity (Wildman–Crippen MR) is 102 cm³/mol. The first-order valence-electron chi connectivity index (χ1n) is 8.15. The van der Waals surface area contributed by atoms with Crippen molar-refractivity contribution in [3.63, 3.8) is 0 Å². The van der Waals surface area contributed by atoms with E-state index in [0.29, 0.717) is 22.3 Å². The zero-order chi connectivity index (χ0) is 18.7. The van der Waals surface area contributed by atoms with E-state index in [1.54, 1.807) is 12.1 Å². The van der Waals surface area contributed by atoms with Crippen molar-refractivity contribution in [1.29, 1.82) is 0 Å². The largest absolute Gasteiger partial charge is 0.302 e. The van der Waals surface area contributed by atoms with Crippen LogP contribution < -0.4 is 0 Å². The van der Waals surface area contributed by atoms with E-state index in [-0.39, 0.29) is 16.9 Å². The molecule has 4 nitrogen and oxygen atoms in total. The van der Waals surface area contributed by atoms with Crippen molar-refractivity contribution in [2.75, 3.05) is 0 Å². The molecule has 0 unspecified atom stereocenters. The standard InChI is InChI=1S/C19H17ClFN3OS/c1-3-24-18(14-4-8-15(20)9-5-14)22-23-19(24)26-12(2)17(25)13-6-10-16(21)11-7-13/h4-12H,3H2,1-2H3/t12-/m0/s1. The number of hydrogen-bond donors (Lipinski definition) is 0. The fourth-order valence-electron chi connectivity index (χ4n) is 2.53. The molecule has 134 valence electrons. The summed E-state index contributed by atoms with van der Waals surface area (Å²) in [4.78, 5) is 12.6. The Balaban J connectivity index is 1.82. The summed E-state index contributed by atoms with van der Waals surface area (Å²) >= 11 is 7.28. The van der Waals surface area contributed by atoms with Gasteiger partial charge in [-0.3, -0.25) is 4.79 Å². The molecule has 0 radical (unpaired) electrons. The minimum atomic E-state index is -0.368. The maximum Gasteiger partial charge on any atom is 0.192 e. The molecular weight excluding hydrogens is 373 g/mol. The van der Waals surface area contributed by atoms with Crippen LogP contribution in [0.2, 0.25) is 5.02 Å². The van der Waals surface area contributed by atoms with Crippen LogP contribution in [-0.2, 0) is 6.54 Å². The van der Waals surface area contributed by atoms with Gasteiger partial charge in [-0.15, -0.1) is 10.2 Å². The Morgan fingerprint density at radius 1 is 1.15 bits per heavy atom. The summed E-state index contributed by atoms with van der Waals surface area (Å²) in [5.74, 6) is 0.294. The van der Waals surface area contributed by atoms with E-state index in [1.165, 1.54) is 36.0 Å². The van der Waals surface area contributed by atoms with Crippen molar-refractivity contribution in [1.82, 2.24) is 14.8 Å². The van der Waals surface area contributed by atoms with Gasteiger partial charge in [0.05, 0.1) is 5.25 Å².